The predicted octanol–water partition coefficient (Wildman–Crippen LogP) is 2.45. The van der Waals surface area contributed by atoms with Crippen LogP contribution in [0.5, 0.6) is 5.75 Å². The topological polar surface area (TPSA) is 78.8 Å². The standard InChI is InChI=1S/C21H27NO4/c1-16(23)14-26-15-19(13-18-7-10-20(24)11-8-18)22-21(25)12-9-17-5-3-2-4-6-17/h2-8,10-11,16,19,23-24H,9,12-15H2,1H3,(H,22,25)/t16-,19+/m0/s1. The Labute approximate surface area is 154 Å². The zero-order valence-electron chi connectivity index (χ0n) is 15.1. The summed E-state index contributed by atoms with van der Waals surface area (Å²) in [6, 6.07) is 16.6. The summed E-state index contributed by atoms with van der Waals surface area (Å²) in [5.41, 5.74) is 2.12. The Morgan fingerprint density at radius 2 is 1.73 bits per heavy atom. The molecule has 3 N–H and O–H groups in total. The summed E-state index contributed by atoms with van der Waals surface area (Å²) in [7, 11) is 0. The van der Waals surface area contributed by atoms with Crippen LogP contribution in [-0.4, -0.2) is 41.5 Å². The normalized spacial score (nSPS) is 13.2. The summed E-state index contributed by atoms with van der Waals surface area (Å²) in [5.74, 6) is 0.181. The summed E-state index contributed by atoms with van der Waals surface area (Å²) in [6.45, 7) is 2.21. The first kappa shape index (κ1) is 19.9. The molecule has 2 aromatic carbocycles. The lowest BCUT2D eigenvalue weighted by molar-refractivity contribution is -0.122. The van der Waals surface area contributed by atoms with Crippen LogP contribution in [0.2, 0.25) is 0 Å². The van der Waals surface area contributed by atoms with Crippen LogP contribution in [0.15, 0.2) is 54.6 Å². The zero-order chi connectivity index (χ0) is 18.8. The third-order valence-electron chi connectivity index (χ3n) is 3.95. The van der Waals surface area contributed by atoms with Gasteiger partial charge in [-0.05, 0) is 43.0 Å². The largest absolute Gasteiger partial charge is 0.508 e. The van der Waals surface area contributed by atoms with Crippen LogP contribution >= 0.6 is 0 Å². The summed E-state index contributed by atoms with van der Waals surface area (Å²) >= 11 is 0. The van der Waals surface area contributed by atoms with E-state index in [1.807, 2.05) is 42.5 Å². The van der Waals surface area contributed by atoms with Crippen molar-refractivity contribution in [3.8, 4) is 5.75 Å². The number of aryl methyl sites for hydroxylation is 1. The molecule has 0 fully saturated rings. The molecule has 0 saturated heterocycles. The Bertz CT molecular complexity index is 655. The minimum Gasteiger partial charge on any atom is -0.508 e. The molecule has 26 heavy (non-hydrogen) atoms. The number of phenols is 1. The van der Waals surface area contributed by atoms with E-state index in [2.05, 4.69) is 5.32 Å². The monoisotopic (exact) mass is 357 g/mol. The van der Waals surface area contributed by atoms with Gasteiger partial charge in [-0.2, -0.15) is 0 Å². The summed E-state index contributed by atoms with van der Waals surface area (Å²) < 4.78 is 5.50. The van der Waals surface area contributed by atoms with Crippen molar-refractivity contribution in [3.63, 3.8) is 0 Å². The summed E-state index contributed by atoms with van der Waals surface area (Å²) in [6.07, 6.45) is 1.15. The van der Waals surface area contributed by atoms with E-state index >= 15 is 0 Å². The highest BCUT2D eigenvalue weighted by atomic mass is 16.5. The molecule has 0 saturated carbocycles. The molecule has 0 unspecified atom stereocenters. The molecule has 0 aliphatic carbocycles. The molecule has 2 rings (SSSR count). The van der Waals surface area contributed by atoms with Crippen LogP contribution < -0.4 is 5.32 Å². The number of hydrogen-bond acceptors (Lipinski definition) is 4. The maximum Gasteiger partial charge on any atom is 0.220 e. The lowest BCUT2D eigenvalue weighted by atomic mass is 10.1. The number of amides is 1. The highest BCUT2D eigenvalue weighted by Crippen LogP contribution is 2.12. The molecule has 5 heteroatoms. The van der Waals surface area contributed by atoms with Crippen molar-refractivity contribution in [1.29, 1.82) is 0 Å². The van der Waals surface area contributed by atoms with Gasteiger partial charge in [0.05, 0.1) is 25.4 Å². The Kier molecular flexibility index (Phi) is 8.12. The van der Waals surface area contributed by atoms with Gasteiger partial charge in [0.15, 0.2) is 0 Å². The predicted molar refractivity (Wildman–Crippen MR) is 101 cm³/mol. The van der Waals surface area contributed by atoms with Gasteiger partial charge in [-0.3, -0.25) is 4.79 Å². The maximum atomic E-state index is 12.3. The number of phenolic OH excluding ortho intramolecular Hbond substituents is 1. The Balaban J connectivity index is 1.88. The molecule has 2 aromatic rings. The van der Waals surface area contributed by atoms with Gasteiger partial charge in [-0.15, -0.1) is 0 Å². The van der Waals surface area contributed by atoms with Gasteiger partial charge in [-0.1, -0.05) is 42.5 Å². The van der Waals surface area contributed by atoms with Gasteiger partial charge in [0.2, 0.25) is 5.91 Å². The molecule has 0 heterocycles. The van der Waals surface area contributed by atoms with Gasteiger partial charge < -0.3 is 20.3 Å². The van der Waals surface area contributed by atoms with E-state index in [4.69, 9.17) is 4.74 Å². The fourth-order valence-corrected chi connectivity index (χ4v) is 2.65. The summed E-state index contributed by atoms with van der Waals surface area (Å²) in [4.78, 5) is 12.3. The average molecular weight is 357 g/mol. The fraction of sp³-hybridized carbons (Fsp3) is 0.381. The van der Waals surface area contributed by atoms with Crippen molar-refractivity contribution in [3.05, 3.63) is 65.7 Å². The van der Waals surface area contributed by atoms with E-state index in [1.54, 1.807) is 19.1 Å². The van der Waals surface area contributed by atoms with Crippen molar-refractivity contribution < 1.29 is 19.7 Å². The maximum absolute atomic E-state index is 12.3. The molecule has 2 atom stereocenters. The Morgan fingerprint density at radius 1 is 1.04 bits per heavy atom. The van der Waals surface area contributed by atoms with Crippen LogP contribution in [0, 0.1) is 0 Å². The number of ether oxygens (including phenoxy) is 1. The molecular weight excluding hydrogens is 330 g/mol. The number of aliphatic hydroxyl groups excluding tert-OH is 1. The van der Waals surface area contributed by atoms with Gasteiger partial charge in [0, 0.05) is 6.42 Å². The van der Waals surface area contributed by atoms with Gasteiger partial charge >= 0.3 is 0 Å². The van der Waals surface area contributed by atoms with Crippen molar-refractivity contribution in [2.75, 3.05) is 13.2 Å². The van der Waals surface area contributed by atoms with E-state index in [0.29, 0.717) is 25.9 Å². The van der Waals surface area contributed by atoms with E-state index in [9.17, 15) is 15.0 Å². The number of rotatable bonds is 10. The third kappa shape index (κ3) is 7.68. The Morgan fingerprint density at radius 3 is 2.38 bits per heavy atom. The smallest absolute Gasteiger partial charge is 0.220 e. The molecule has 0 aromatic heterocycles. The van der Waals surface area contributed by atoms with E-state index in [0.717, 1.165) is 11.1 Å². The molecule has 140 valence electrons. The summed E-state index contributed by atoms with van der Waals surface area (Å²) in [5, 5.41) is 21.7. The van der Waals surface area contributed by atoms with Gasteiger partial charge in [-0.25, -0.2) is 0 Å². The number of nitrogens with one attached hydrogen (secondary N) is 1. The van der Waals surface area contributed by atoms with Crippen LogP contribution in [0.3, 0.4) is 0 Å². The number of aliphatic hydroxyl groups is 1. The first-order valence-corrected chi connectivity index (χ1v) is 8.90. The average Bonchev–Trinajstić information content (AvgIpc) is 2.62. The zero-order valence-corrected chi connectivity index (χ0v) is 15.1. The van der Waals surface area contributed by atoms with Gasteiger partial charge in [0.25, 0.3) is 0 Å². The Hall–Kier alpha value is -2.37. The lowest BCUT2D eigenvalue weighted by Gasteiger charge is -2.20. The second-order valence-electron chi connectivity index (χ2n) is 6.51. The van der Waals surface area contributed by atoms with Crippen LogP contribution in [0.25, 0.3) is 0 Å². The third-order valence-corrected chi connectivity index (χ3v) is 3.95. The molecule has 5 nitrogen and oxygen atoms in total. The van der Waals surface area contributed by atoms with Crippen LogP contribution in [0.1, 0.15) is 24.5 Å². The molecule has 0 aliphatic heterocycles. The van der Waals surface area contributed by atoms with Crippen molar-refractivity contribution >= 4 is 5.91 Å². The van der Waals surface area contributed by atoms with Crippen molar-refractivity contribution in [1.82, 2.24) is 5.32 Å². The number of hydrogen-bond donors (Lipinski definition) is 3. The van der Waals surface area contributed by atoms with Crippen LogP contribution in [0.4, 0.5) is 0 Å². The quantitative estimate of drug-likeness (QED) is 0.610. The van der Waals surface area contributed by atoms with Crippen LogP contribution in [-0.2, 0) is 22.4 Å². The minimum absolute atomic E-state index is 0.0294. The highest BCUT2D eigenvalue weighted by molar-refractivity contribution is 5.76. The van der Waals surface area contributed by atoms with Crippen molar-refractivity contribution in [2.45, 2.75) is 38.3 Å². The lowest BCUT2D eigenvalue weighted by Crippen LogP contribution is -2.40. The molecule has 0 radical (unpaired) electrons. The van der Waals surface area contributed by atoms with Crippen molar-refractivity contribution in [2.24, 2.45) is 0 Å². The second-order valence-corrected chi connectivity index (χ2v) is 6.51. The van der Waals surface area contributed by atoms with E-state index in [1.165, 1.54) is 0 Å². The molecule has 0 aliphatic rings. The number of aromatic hydroxyl groups is 1. The molecule has 0 bridgehead atoms. The number of carbonyl (C=O) groups excluding carboxylic acids is 1. The first-order valence-electron chi connectivity index (χ1n) is 8.90. The number of benzene rings is 2. The highest BCUT2D eigenvalue weighted by Gasteiger charge is 2.14. The first-order chi connectivity index (χ1) is 12.5. The minimum atomic E-state index is -0.543. The molecule has 0 spiro atoms. The fourth-order valence-electron chi connectivity index (χ4n) is 2.65. The van der Waals surface area contributed by atoms with E-state index in [-0.39, 0.29) is 24.3 Å². The van der Waals surface area contributed by atoms with E-state index < -0.39 is 6.10 Å². The SMILES string of the molecule is C[C@H](O)COC[C@@H](Cc1ccc(O)cc1)NC(=O)CCc1ccccc1. The molecule has 1 amide bonds. The number of carbonyl (C=O) groups is 1. The molecular formula is C21H27NO4. The second kappa shape index (κ2) is 10.6. The van der Waals surface area contributed by atoms with Gasteiger partial charge in [0.1, 0.15) is 5.75 Å².